The molecule has 0 saturated carbocycles. The Bertz CT molecular complexity index is 441. The highest BCUT2D eigenvalue weighted by atomic mass is 79.9. The summed E-state index contributed by atoms with van der Waals surface area (Å²) < 4.78 is 0.657. The number of hydrogen-bond donors (Lipinski definition) is 0. The van der Waals surface area contributed by atoms with Gasteiger partial charge in [0.15, 0.2) is 0 Å². The number of hydrogen-bond acceptors (Lipinski definition) is 3. The van der Waals surface area contributed by atoms with Crippen molar-refractivity contribution in [2.75, 3.05) is 11.4 Å². The summed E-state index contributed by atoms with van der Waals surface area (Å²) >= 11 is 3.23. The molecule has 4 nitrogen and oxygen atoms in total. The minimum absolute atomic E-state index is 0.0175. The molecule has 1 saturated heterocycles. The number of halogens is 1. The maximum Gasteiger partial charge on any atom is 0.233 e. The van der Waals surface area contributed by atoms with E-state index < -0.39 is 0 Å². The van der Waals surface area contributed by atoms with Gasteiger partial charge in [0.1, 0.15) is 4.60 Å². The minimum Gasteiger partial charge on any atom is -0.279 e. The van der Waals surface area contributed by atoms with Gasteiger partial charge in [0.2, 0.25) is 11.9 Å². The summed E-state index contributed by atoms with van der Waals surface area (Å²) in [6.07, 6.45) is 7.27. The summed E-state index contributed by atoms with van der Waals surface area (Å²) in [5.74, 6) is 2.94. The maximum absolute atomic E-state index is 11.6. The zero-order chi connectivity index (χ0) is 10.8. The topological polar surface area (TPSA) is 46.1 Å². The SMILES string of the molecule is C#CC1CC(=O)N(c2nccc(Br)n2)C1. The lowest BCUT2D eigenvalue weighted by Gasteiger charge is -2.12. The first-order chi connectivity index (χ1) is 7.20. The molecule has 5 heteroatoms. The number of terminal acetylenes is 1. The Hall–Kier alpha value is -1.41. The van der Waals surface area contributed by atoms with E-state index in [1.165, 1.54) is 4.90 Å². The predicted molar refractivity (Wildman–Crippen MR) is 59.0 cm³/mol. The molecule has 76 valence electrons. The normalized spacial score (nSPS) is 20.4. The van der Waals surface area contributed by atoms with Crippen molar-refractivity contribution in [3.63, 3.8) is 0 Å². The van der Waals surface area contributed by atoms with Gasteiger partial charge in [-0.1, -0.05) is 0 Å². The Morgan fingerprint density at radius 3 is 3.07 bits per heavy atom. The van der Waals surface area contributed by atoms with Gasteiger partial charge in [0.05, 0.1) is 0 Å². The fourth-order valence-electron chi connectivity index (χ4n) is 1.47. The number of carbonyl (C=O) groups is 1. The lowest BCUT2D eigenvalue weighted by molar-refractivity contribution is -0.117. The van der Waals surface area contributed by atoms with Crippen molar-refractivity contribution >= 4 is 27.8 Å². The van der Waals surface area contributed by atoms with Gasteiger partial charge in [-0.05, 0) is 22.0 Å². The van der Waals surface area contributed by atoms with Crippen LogP contribution in [-0.4, -0.2) is 22.4 Å². The molecule has 1 atom stereocenters. The highest BCUT2D eigenvalue weighted by Crippen LogP contribution is 2.22. The molecule has 0 N–H and O–H groups in total. The van der Waals surface area contributed by atoms with Gasteiger partial charge in [-0.3, -0.25) is 9.69 Å². The number of amides is 1. The van der Waals surface area contributed by atoms with E-state index in [-0.39, 0.29) is 11.8 Å². The molecule has 0 radical (unpaired) electrons. The smallest absolute Gasteiger partial charge is 0.233 e. The lowest BCUT2D eigenvalue weighted by Crippen LogP contribution is -2.26. The fraction of sp³-hybridized carbons (Fsp3) is 0.300. The van der Waals surface area contributed by atoms with Crippen LogP contribution in [0, 0.1) is 18.3 Å². The van der Waals surface area contributed by atoms with Crippen molar-refractivity contribution in [3.8, 4) is 12.3 Å². The molecule has 0 aliphatic carbocycles. The summed E-state index contributed by atoms with van der Waals surface area (Å²) in [5, 5.41) is 0. The highest BCUT2D eigenvalue weighted by Gasteiger charge is 2.30. The second kappa shape index (κ2) is 3.99. The molecule has 1 aromatic rings. The Morgan fingerprint density at radius 2 is 2.47 bits per heavy atom. The molecule has 1 unspecified atom stereocenters. The van der Waals surface area contributed by atoms with E-state index in [9.17, 15) is 4.79 Å². The van der Waals surface area contributed by atoms with Crippen LogP contribution in [0.15, 0.2) is 16.9 Å². The largest absolute Gasteiger partial charge is 0.279 e. The van der Waals surface area contributed by atoms with Gasteiger partial charge in [-0.15, -0.1) is 12.3 Å². The van der Waals surface area contributed by atoms with Crippen LogP contribution in [0.4, 0.5) is 5.95 Å². The monoisotopic (exact) mass is 265 g/mol. The second-order valence-electron chi connectivity index (χ2n) is 3.25. The quantitative estimate of drug-likeness (QED) is 0.567. The van der Waals surface area contributed by atoms with Crippen molar-refractivity contribution in [2.24, 2.45) is 5.92 Å². The summed E-state index contributed by atoms with van der Waals surface area (Å²) in [5.41, 5.74) is 0. The molecule has 1 aliphatic rings. The summed E-state index contributed by atoms with van der Waals surface area (Å²) in [7, 11) is 0. The van der Waals surface area contributed by atoms with Gasteiger partial charge >= 0.3 is 0 Å². The van der Waals surface area contributed by atoms with Gasteiger partial charge in [0.25, 0.3) is 0 Å². The number of rotatable bonds is 1. The first kappa shape index (κ1) is 10.1. The van der Waals surface area contributed by atoms with Crippen molar-refractivity contribution in [3.05, 3.63) is 16.9 Å². The van der Waals surface area contributed by atoms with E-state index in [1.54, 1.807) is 12.3 Å². The van der Waals surface area contributed by atoms with Crippen LogP contribution < -0.4 is 4.90 Å². The highest BCUT2D eigenvalue weighted by molar-refractivity contribution is 9.10. The molecular formula is C10H8BrN3O. The van der Waals surface area contributed by atoms with E-state index in [4.69, 9.17) is 6.42 Å². The Morgan fingerprint density at radius 1 is 1.67 bits per heavy atom. The van der Waals surface area contributed by atoms with Crippen molar-refractivity contribution in [2.45, 2.75) is 6.42 Å². The average molecular weight is 266 g/mol. The summed E-state index contributed by atoms with van der Waals surface area (Å²) in [6, 6.07) is 1.71. The summed E-state index contributed by atoms with van der Waals surface area (Å²) in [4.78, 5) is 21.3. The van der Waals surface area contributed by atoms with Gasteiger partial charge in [-0.2, -0.15) is 0 Å². The van der Waals surface area contributed by atoms with E-state index in [1.807, 2.05) is 0 Å². The predicted octanol–water partition coefficient (Wildman–Crippen LogP) is 1.23. The van der Waals surface area contributed by atoms with Crippen LogP contribution in [0.2, 0.25) is 0 Å². The van der Waals surface area contributed by atoms with E-state index in [2.05, 4.69) is 31.8 Å². The molecule has 1 aliphatic heterocycles. The lowest BCUT2D eigenvalue weighted by atomic mass is 10.1. The van der Waals surface area contributed by atoms with Crippen LogP contribution >= 0.6 is 15.9 Å². The summed E-state index contributed by atoms with van der Waals surface area (Å²) in [6.45, 7) is 0.506. The number of nitrogens with zero attached hydrogens (tertiary/aromatic N) is 3. The zero-order valence-corrected chi connectivity index (χ0v) is 9.44. The second-order valence-corrected chi connectivity index (χ2v) is 4.06. The Labute approximate surface area is 95.8 Å². The third-order valence-electron chi connectivity index (χ3n) is 2.21. The molecule has 1 aromatic heterocycles. The van der Waals surface area contributed by atoms with Crippen LogP contribution in [0.25, 0.3) is 0 Å². The van der Waals surface area contributed by atoms with E-state index in [0.29, 0.717) is 23.5 Å². The first-order valence-corrected chi connectivity index (χ1v) is 5.25. The van der Waals surface area contributed by atoms with E-state index >= 15 is 0 Å². The molecule has 1 amide bonds. The van der Waals surface area contributed by atoms with Gasteiger partial charge in [0, 0.05) is 25.1 Å². The first-order valence-electron chi connectivity index (χ1n) is 4.45. The Kier molecular flexibility index (Phi) is 2.69. The molecular weight excluding hydrogens is 258 g/mol. The third kappa shape index (κ3) is 2.00. The number of aromatic nitrogens is 2. The maximum atomic E-state index is 11.6. The molecule has 2 rings (SSSR count). The average Bonchev–Trinajstić information content (AvgIpc) is 2.60. The molecule has 15 heavy (non-hydrogen) atoms. The molecule has 0 aromatic carbocycles. The standard InChI is InChI=1S/C10H8BrN3O/c1-2-7-5-9(15)14(6-7)10-12-4-3-8(11)13-10/h1,3-4,7H,5-6H2. The van der Waals surface area contributed by atoms with Crippen molar-refractivity contribution in [1.82, 2.24) is 9.97 Å². The van der Waals surface area contributed by atoms with E-state index in [0.717, 1.165) is 0 Å². The molecule has 2 heterocycles. The Balaban J connectivity index is 2.26. The van der Waals surface area contributed by atoms with Crippen molar-refractivity contribution < 1.29 is 4.79 Å². The fourth-order valence-corrected chi connectivity index (χ4v) is 1.75. The molecule has 0 bridgehead atoms. The molecule has 0 spiro atoms. The van der Waals surface area contributed by atoms with Crippen LogP contribution in [0.5, 0.6) is 0 Å². The van der Waals surface area contributed by atoms with Crippen molar-refractivity contribution in [1.29, 1.82) is 0 Å². The molecule has 1 fully saturated rings. The zero-order valence-electron chi connectivity index (χ0n) is 7.85. The number of anilines is 1. The third-order valence-corrected chi connectivity index (χ3v) is 2.65. The van der Waals surface area contributed by atoms with Crippen LogP contribution in [0.1, 0.15) is 6.42 Å². The van der Waals surface area contributed by atoms with Gasteiger partial charge < -0.3 is 0 Å². The number of carbonyl (C=O) groups excluding carboxylic acids is 1. The van der Waals surface area contributed by atoms with Gasteiger partial charge in [-0.25, -0.2) is 9.97 Å². The van der Waals surface area contributed by atoms with Crippen LogP contribution in [0.3, 0.4) is 0 Å². The minimum atomic E-state index is -0.0277. The van der Waals surface area contributed by atoms with Crippen LogP contribution in [-0.2, 0) is 4.79 Å².